The number of nitrogens with zero attached hydrogens (tertiary/aromatic N) is 1. The van der Waals surface area contributed by atoms with Crippen molar-refractivity contribution in [2.75, 3.05) is 31.6 Å². The number of fused-ring (bicyclic) bond motifs is 3. The molecule has 1 aliphatic carbocycles. The van der Waals surface area contributed by atoms with E-state index in [1.807, 2.05) is 37.4 Å². The number of halogens is 1. The molecule has 7 rings (SSSR count). The average Bonchev–Trinajstić information content (AvgIpc) is 3.12. The van der Waals surface area contributed by atoms with E-state index in [0.717, 1.165) is 68.3 Å². The minimum atomic E-state index is -0.753. The summed E-state index contributed by atoms with van der Waals surface area (Å²) in [5.74, 6) is 0.746. The van der Waals surface area contributed by atoms with Crippen LogP contribution in [0.25, 0.3) is 10.9 Å². The Labute approximate surface area is 230 Å². The number of hydrogen-bond donors (Lipinski definition) is 2. The first-order valence-electron chi connectivity index (χ1n) is 14.2. The van der Waals surface area contributed by atoms with E-state index in [4.69, 9.17) is 35.6 Å². The second kappa shape index (κ2) is 10.8. The van der Waals surface area contributed by atoms with Crippen LogP contribution in [0.4, 0.5) is 5.69 Å². The highest BCUT2D eigenvalue weighted by Gasteiger charge is 2.69. The molecule has 2 aromatic rings. The fraction of sp³-hybridized carbons (Fsp3) is 0.690. The Morgan fingerprint density at radius 1 is 1.13 bits per heavy atom. The molecule has 9 heteroatoms. The molecule has 8 nitrogen and oxygen atoms in total. The first kappa shape index (κ1) is 26.7. The van der Waals surface area contributed by atoms with Crippen molar-refractivity contribution in [3.63, 3.8) is 0 Å². The van der Waals surface area contributed by atoms with Gasteiger partial charge in [-0.05, 0) is 75.3 Å². The second-order valence-electron chi connectivity index (χ2n) is 11.8. The molecule has 2 bridgehead atoms. The van der Waals surface area contributed by atoms with Gasteiger partial charge >= 0.3 is 0 Å². The summed E-state index contributed by atoms with van der Waals surface area (Å²) < 4.78 is 19.2. The molecule has 5 heterocycles. The second-order valence-corrected chi connectivity index (χ2v) is 12.2. The van der Waals surface area contributed by atoms with Crippen LogP contribution >= 0.6 is 11.6 Å². The maximum absolute atomic E-state index is 6.48. The van der Waals surface area contributed by atoms with Crippen molar-refractivity contribution >= 4 is 28.2 Å². The zero-order chi connectivity index (χ0) is 26.3. The monoisotopic (exact) mass is 545 g/mol. The van der Waals surface area contributed by atoms with Gasteiger partial charge in [-0.3, -0.25) is 4.98 Å². The highest BCUT2D eigenvalue weighted by atomic mass is 35.5. The van der Waals surface area contributed by atoms with Gasteiger partial charge in [0.05, 0.1) is 12.1 Å². The van der Waals surface area contributed by atoms with Gasteiger partial charge in [-0.1, -0.05) is 25.4 Å². The standard InChI is InChI=1S/C29H40ClN3O5/c1-18-15-20-7-9-28(3)36-27-29(20,38-37-28)23(16-18)19(2)26(35-27)34-14-13-31-10-4-11-32-24-8-12-33-25-17-21(30)5-6-22(24)25/h5-6,8,12,17-20,23,26-27,31H,4,7,9-11,13-16H2,1-3H3,(H,32,33)/t18-,19+,20?,23?,26-,27+,28-,29+/m0/s1. The number of pyridine rings is 1. The number of hydrogen-bond acceptors (Lipinski definition) is 8. The molecule has 5 fully saturated rings. The maximum atomic E-state index is 6.48. The molecule has 0 radical (unpaired) electrons. The Bertz CT molecular complexity index is 1140. The summed E-state index contributed by atoms with van der Waals surface area (Å²) in [4.78, 5) is 16.5. The fourth-order valence-corrected chi connectivity index (χ4v) is 7.24. The van der Waals surface area contributed by atoms with Crippen LogP contribution in [0.2, 0.25) is 5.02 Å². The lowest BCUT2D eigenvalue weighted by atomic mass is 9.59. The molecule has 5 aliphatic rings. The van der Waals surface area contributed by atoms with Crippen molar-refractivity contribution in [3.05, 3.63) is 35.5 Å². The quantitative estimate of drug-likeness (QED) is 0.315. The highest BCUT2D eigenvalue weighted by molar-refractivity contribution is 6.31. The topological polar surface area (TPSA) is 83.1 Å². The summed E-state index contributed by atoms with van der Waals surface area (Å²) in [7, 11) is 0. The zero-order valence-corrected chi connectivity index (χ0v) is 23.3. The van der Waals surface area contributed by atoms with Crippen LogP contribution in [-0.4, -0.2) is 55.2 Å². The Kier molecular flexibility index (Phi) is 7.59. The Morgan fingerprint density at radius 2 is 2.03 bits per heavy atom. The Hall–Kier alpha value is -1.52. The van der Waals surface area contributed by atoms with Crippen molar-refractivity contribution in [3.8, 4) is 0 Å². The molecule has 2 unspecified atom stereocenters. The van der Waals surface area contributed by atoms with Crippen molar-refractivity contribution in [2.45, 2.75) is 76.8 Å². The van der Waals surface area contributed by atoms with Crippen LogP contribution < -0.4 is 10.6 Å². The number of aromatic nitrogens is 1. The molecule has 4 saturated heterocycles. The molecule has 2 N–H and O–H groups in total. The predicted molar refractivity (Wildman–Crippen MR) is 146 cm³/mol. The van der Waals surface area contributed by atoms with Gasteiger partial charge in [-0.15, -0.1) is 0 Å². The summed E-state index contributed by atoms with van der Waals surface area (Å²) in [6, 6.07) is 7.80. The number of nitrogens with one attached hydrogen (secondary N) is 2. The SMILES string of the molecule is C[C@H]1CC2CC[C@]3(C)OO[C@@]24C(C1)[C@@H](C)[C@@H](OCCNCCCNc1ccnc2cc(Cl)ccc12)O[C@@H]4O3. The molecule has 0 amide bonds. The lowest BCUT2D eigenvalue weighted by molar-refractivity contribution is -0.576. The highest BCUT2D eigenvalue weighted by Crippen LogP contribution is 2.60. The predicted octanol–water partition coefficient (Wildman–Crippen LogP) is 5.50. The molecule has 4 aliphatic heterocycles. The third-order valence-electron chi connectivity index (χ3n) is 9.03. The third-order valence-corrected chi connectivity index (χ3v) is 9.26. The van der Waals surface area contributed by atoms with Crippen molar-refractivity contribution in [1.29, 1.82) is 0 Å². The van der Waals surface area contributed by atoms with E-state index in [2.05, 4.69) is 29.5 Å². The first-order chi connectivity index (χ1) is 18.4. The summed E-state index contributed by atoms with van der Waals surface area (Å²) >= 11 is 6.10. The summed E-state index contributed by atoms with van der Waals surface area (Å²) in [5, 5.41) is 8.79. The van der Waals surface area contributed by atoms with Crippen molar-refractivity contribution in [1.82, 2.24) is 10.3 Å². The minimum Gasteiger partial charge on any atom is -0.384 e. The minimum absolute atomic E-state index is 0.195. The lowest BCUT2D eigenvalue weighted by Crippen LogP contribution is -2.70. The average molecular weight is 546 g/mol. The third kappa shape index (κ3) is 4.94. The molecule has 8 atom stereocenters. The van der Waals surface area contributed by atoms with Crippen molar-refractivity contribution in [2.24, 2.45) is 23.7 Å². The molecule has 1 aromatic carbocycles. The fourth-order valence-electron chi connectivity index (χ4n) is 7.07. The van der Waals surface area contributed by atoms with Crippen LogP contribution in [0.5, 0.6) is 0 Å². The summed E-state index contributed by atoms with van der Waals surface area (Å²) in [5.41, 5.74) is 1.45. The first-order valence-corrected chi connectivity index (χ1v) is 14.6. The van der Waals surface area contributed by atoms with Gasteiger partial charge < -0.3 is 24.8 Å². The van der Waals surface area contributed by atoms with Crippen LogP contribution in [0.1, 0.15) is 52.9 Å². The molecular weight excluding hydrogens is 506 g/mol. The van der Waals surface area contributed by atoms with Gasteiger partial charge in [0.25, 0.3) is 0 Å². The number of anilines is 1. The van der Waals surface area contributed by atoms with Crippen LogP contribution in [0.3, 0.4) is 0 Å². The summed E-state index contributed by atoms with van der Waals surface area (Å²) in [6.45, 7) is 9.64. The molecule has 38 heavy (non-hydrogen) atoms. The molecule has 1 saturated carbocycles. The maximum Gasteiger partial charge on any atom is 0.201 e. The van der Waals surface area contributed by atoms with Gasteiger partial charge in [-0.25, -0.2) is 9.78 Å². The largest absolute Gasteiger partial charge is 0.384 e. The van der Waals surface area contributed by atoms with E-state index >= 15 is 0 Å². The number of rotatable bonds is 9. The molecule has 1 aromatic heterocycles. The van der Waals surface area contributed by atoms with E-state index in [-0.39, 0.29) is 18.1 Å². The van der Waals surface area contributed by atoms with E-state index in [9.17, 15) is 0 Å². The normalized spacial score (nSPS) is 38.1. The molecular formula is C29H40ClN3O5. The molecule has 1 spiro atoms. The number of ether oxygens (including phenoxy) is 3. The van der Waals surface area contributed by atoms with Crippen molar-refractivity contribution < 1.29 is 24.0 Å². The van der Waals surface area contributed by atoms with E-state index in [0.29, 0.717) is 23.5 Å². The van der Waals surface area contributed by atoms with Gasteiger partial charge in [0, 0.05) is 53.6 Å². The van der Waals surface area contributed by atoms with Crippen LogP contribution in [-0.2, 0) is 24.0 Å². The van der Waals surface area contributed by atoms with Gasteiger partial charge in [-0.2, -0.15) is 0 Å². The van der Waals surface area contributed by atoms with E-state index in [1.165, 1.54) is 0 Å². The van der Waals surface area contributed by atoms with Crippen LogP contribution in [0, 0.1) is 23.7 Å². The summed E-state index contributed by atoms with van der Waals surface area (Å²) in [6.07, 6.45) is 6.10. The Morgan fingerprint density at radius 3 is 2.92 bits per heavy atom. The smallest absolute Gasteiger partial charge is 0.201 e. The molecule has 208 valence electrons. The van der Waals surface area contributed by atoms with Gasteiger partial charge in [0.1, 0.15) is 0 Å². The van der Waals surface area contributed by atoms with Gasteiger partial charge in [0.15, 0.2) is 18.2 Å². The van der Waals surface area contributed by atoms with E-state index in [1.54, 1.807) is 0 Å². The lowest BCUT2D eigenvalue weighted by Gasteiger charge is -2.59. The van der Waals surface area contributed by atoms with Gasteiger partial charge in [0.2, 0.25) is 5.79 Å². The zero-order valence-electron chi connectivity index (χ0n) is 22.6. The Balaban J connectivity index is 0.969. The number of benzene rings is 1. The van der Waals surface area contributed by atoms with Crippen LogP contribution in [0.15, 0.2) is 30.5 Å². The van der Waals surface area contributed by atoms with E-state index < -0.39 is 17.7 Å².